The van der Waals surface area contributed by atoms with Crippen LogP contribution in [0.25, 0.3) is 11.2 Å². The molecule has 4 heteroatoms. The van der Waals surface area contributed by atoms with Crippen molar-refractivity contribution in [3.8, 4) is 0 Å². The summed E-state index contributed by atoms with van der Waals surface area (Å²) in [7, 11) is 0. The van der Waals surface area contributed by atoms with E-state index in [0.717, 1.165) is 41.6 Å². The predicted octanol–water partition coefficient (Wildman–Crippen LogP) is 4.49. The molecule has 0 spiro atoms. The summed E-state index contributed by atoms with van der Waals surface area (Å²) in [5, 5.41) is 0. The molecule has 1 fully saturated rings. The molecule has 3 nitrogen and oxygen atoms in total. The molecule has 1 aliphatic rings. The average molecular weight is 306 g/mol. The molecule has 3 rings (SSSR count). The molecule has 2 aromatic rings. The van der Waals surface area contributed by atoms with Gasteiger partial charge in [-0.3, -0.25) is 0 Å². The van der Waals surface area contributed by atoms with Crippen LogP contribution in [0.2, 0.25) is 0 Å². The van der Waals surface area contributed by atoms with Crippen molar-refractivity contribution in [2.45, 2.75) is 58.4 Å². The first-order chi connectivity index (χ1) is 10.3. The van der Waals surface area contributed by atoms with Crippen molar-refractivity contribution in [3.05, 3.63) is 23.7 Å². The Kier molecular flexibility index (Phi) is 4.79. The first-order valence-corrected chi connectivity index (χ1v) is 8.70. The zero-order chi connectivity index (χ0) is 14.7. The highest BCUT2D eigenvalue weighted by molar-refractivity contribution is 6.17. The van der Waals surface area contributed by atoms with Crippen LogP contribution < -0.4 is 0 Å². The molecule has 0 unspecified atom stereocenters. The van der Waals surface area contributed by atoms with Crippen molar-refractivity contribution < 1.29 is 0 Å². The number of hydrogen-bond donors (Lipinski definition) is 0. The zero-order valence-electron chi connectivity index (χ0n) is 12.8. The van der Waals surface area contributed by atoms with Crippen LogP contribution in [0.5, 0.6) is 0 Å². The van der Waals surface area contributed by atoms with Crippen molar-refractivity contribution in [2.75, 3.05) is 5.88 Å². The number of hydrogen-bond acceptors (Lipinski definition) is 2. The fourth-order valence-corrected chi connectivity index (χ4v) is 3.66. The number of aryl methyl sites for hydroxylation is 3. The van der Waals surface area contributed by atoms with E-state index in [-0.39, 0.29) is 0 Å². The summed E-state index contributed by atoms with van der Waals surface area (Å²) in [4.78, 5) is 9.40. The molecule has 1 saturated carbocycles. The average Bonchev–Trinajstić information content (AvgIpc) is 3.08. The predicted molar refractivity (Wildman–Crippen MR) is 87.9 cm³/mol. The highest BCUT2D eigenvalue weighted by Crippen LogP contribution is 2.29. The molecule has 0 radical (unpaired) electrons. The lowest BCUT2D eigenvalue weighted by atomic mass is 10.0. The maximum absolute atomic E-state index is 5.93. The van der Waals surface area contributed by atoms with Crippen molar-refractivity contribution >= 4 is 22.8 Å². The van der Waals surface area contributed by atoms with E-state index in [1.807, 2.05) is 13.0 Å². The molecule has 2 aromatic heterocycles. The minimum Gasteiger partial charge on any atom is -0.313 e. The van der Waals surface area contributed by atoms with E-state index in [0.29, 0.717) is 5.88 Å². The number of fused-ring (bicyclic) bond motifs is 1. The molecular weight excluding hydrogens is 282 g/mol. The number of imidazole rings is 1. The zero-order valence-corrected chi connectivity index (χ0v) is 13.6. The number of rotatable bonds is 6. The van der Waals surface area contributed by atoms with Gasteiger partial charge >= 0.3 is 0 Å². The number of halogens is 1. The normalized spacial score (nSPS) is 16.1. The standard InChI is InChI=1S/C17H24ClN3/c1-13-8-9-15-17(19-13)21(16(20-15)10-11-18)12-4-7-14-5-2-3-6-14/h8-9,14H,2-7,10-12H2,1H3. The van der Waals surface area contributed by atoms with E-state index >= 15 is 0 Å². The molecule has 0 aliphatic heterocycles. The summed E-state index contributed by atoms with van der Waals surface area (Å²) < 4.78 is 2.29. The molecular formula is C17H24ClN3. The second kappa shape index (κ2) is 6.78. The Balaban J connectivity index is 1.77. The summed E-state index contributed by atoms with van der Waals surface area (Å²) in [5.41, 5.74) is 3.08. The first kappa shape index (κ1) is 14.8. The van der Waals surface area contributed by atoms with Crippen LogP contribution in [0.15, 0.2) is 12.1 Å². The molecule has 0 amide bonds. The van der Waals surface area contributed by atoms with Gasteiger partial charge in [-0.05, 0) is 37.8 Å². The largest absolute Gasteiger partial charge is 0.313 e. The van der Waals surface area contributed by atoms with Gasteiger partial charge in [-0.2, -0.15) is 0 Å². The van der Waals surface area contributed by atoms with E-state index in [1.54, 1.807) is 0 Å². The fourth-order valence-electron chi connectivity index (χ4n) is 3.49. The molecule has 0 aromatic carbocycles. The Labute approximate surface area is 131 Å². The SMILES string of the molecule is Cc1ccc2nc(CCCl)n(CCCC3CCCC3)c2n1. The van der Waals surface area contributed by atoms with Crippen molar-refractivity contribution in [3.63, 3.8) is 0 Å². The van der Waals surface area contributed by atoms with Gasteiger partial charge in [0.2, 0.25) is 0 Å². The monoisotopic (exact) mass is 305 g/mol. The second-order valence-electron chi connectivity index (χ2n) is 6.21. The Morgan fingerprint density at radius 1 is 1.24 bits per heavy atom. The van der Waals surface area contributed by atoms with Gasteiger partial charge in [-0.25, -0.2) is 9.97 Å². The van der Waals surface area contributed by atoms with Crippen LogP contribution in [0, 0.1) is 12.8 Å². The number of aromatic nitrogens is 3. The lowest BCUT2D eigenvalue weighted by molar-refractivity contribution is 0.457. The molecule has 21 heavy (non-hydrogen) atoms. The van der Waals surface area contributed by atoms with Crippen molar-refractivity contribution in [2.24, 2.45) is 5.92 Å². The van der Waals surface area contributed by atoms with E-state index in [9.17, 15) is 0 Å². The molecule has 0 bridgehead atoms. The van der Waals surface area contributed by atoms with Crippen LogP contribution in [0.1, 0.15) is 50.0 Å². The van der Waals surface area contributed by atoms with Crippen LogP contribution in [-0.4, -0.2) is 20.4 Å². The van der Waals surface area contributed by atoms with Crippen LogP contribution >= 0.6 is 11.6 Å². The minimum atomic E-state index is 0.616. The third kappa shape index (κ3) is 3.39. The minimum absolute atomic E-state index is 0.616. The van der Waals surface area contributed by atoms with Gasteiger partial charge in [-0.1, -0.05) is 25.7 Å². The molecule has 114 valence electrons. The fraction of sp³-hybridized carbons (Fsp3) is 0.647. The third-order valence-corrected chi connectivity index (χ3v) is 4.79. The van der Waals surface area contributed by atoms with E-state index < -0.39 is 0 Å². The molecule has 1 aliphatic carbocycles. The third-order valence-electron chi connectivity index (χ3n) is 4.60. The summed E-state index contributed by atoms with van der Waals surface area (Å²) in [6.07, 6.45) is 9.09. The summed E-state index contributed by atoms with van der Waals surface area (Å²) in [5.74, 6) is 2.65. The van der Waals surface area contributed by atoms with Gasteiger partial charge in [0.1, 0.15) is 11.3 Å². The highest BCUT2D eigenvalue weighted by atomic mass is 35.5. The van der Waals surface area contributed by atoms with Crippen molar-refractivity contribution in [1.82, 2.24) is 14.5 Å². The summed E-state index contributed by atoms with van der Waals surface area (Å²) in [6, 6.07) is 4.10. The van der Waals surface area contributed by atoms with E-state index in [1.165, 1.54) is 38.5 Å². The quantitative estimate of drug-likeness (QED) is 0.736. The number of alkyl halides is 1. The highest BCUT2D eigenvalue weighted by Gasteiger charge is 2.16. The first-order valence-electron chi connectivity index (χ1n) is 8.16. The van der Waals surface area contributed by atoms with E-state index in [4.69, 9.17) is 16.6 Å². The maximum atomic E-state index is 5.93. The Bertz CT molecular complexity index is 599. The lowest BCUT2D eigenvalue weighted by Crippen LogP contribution is -2.07. The molecule has 0 saturated heterocycles. The summed E-state index contributed by atoms with van der Waals surface area (Å²) >= 11 is 5.93. The van der Waals surface area contributed by atoms with Crippen molar-refractivity contribution in [1.29, 1.82) is 0 Å². The lowest BCUT2D eigenvalue weighted by Gasteiger charge is -2.11. The van der Waals surface area contributed by atoms with E-state index in [2.05, 4.69) is 15.6 Å². The van der Waals surface area contributed by atoms with Gasteiger partial charge in [0, 0.05) is 24.5 Å². The van der Waals surface area contributed by atoms with Gasteiger partial charge < -0.3 is 4.57 Å². The van der Waals surface area contributed by atoms with Crippen LogP contribution in [0.3, 0.4) is 0 Å². The Morgan fingerprint density at radius 3 is 2.81 bits per heavy atom. The summed E-state index contributed by atoms with van der Waals surface area (Å²) in [6.45, 7) is 3.06. The smallest absolute Gasteiger partial charge is 0.160 e. The Morgan fingerprint density at radius 2 is 2.05 bits per heavy atom. The van der Waals surface area contributed by atoms with Gasteiger partial charge in [0.25, 0.3) is 0 Å². The number of pyridine rings is 1. The van der Waals surface area contributed by atoms with Crippen LogP contribution in [-0.2, 0) is 13.0 Å². The molecule has 0 N–H and O–H groups in total. The topological polar surface area (TPSA) is 30.7 Å². The maximum Gasteiger partial charge on any atom is 0.160 e. The van der Waals surface area contributed by atoms with Crippen LogP contribution in [0.4, 0.5) is 0 Å². The number of nitrogens with zero attached hydrogens (tertiary/aromatic N) is 3. The van der Waals surface area contributed by atoms with Gasteiger partial charge in [0.05, 0.1) is 0 Å². The molecule has 0 atom stereocenters. The molecule has 2 heterocycles. The van der Waals surface area contributed by atoms with Gasteiger partial charge in [0.15, 0.2) is 5.65 Å². The second-order valence-corrected chi connectivity index (χ2v) is 6.58. The Hall–Kier alpha value is -1.09. The van der Waals surface area contributed by atoms with Gasteiger partial charge in [-0.15, -0.1) is 11.6 Å².